The van der Waals surface area contributed by atoms with Crippen molar-refractivity contribution in [3.05, 3.63) is 91.0 Å². The quantitative estimate of drug-likeness (QED) is 0.409. The molecule has 0 bridgehead atoms. The van der Waals surface area contributed by atoms with Gasteiger partial charge in [0.1, 0.15) is 0 Å². The number of aromatic amines is 1. The smallest absolute Gasteiger partial charge is 0.379 e. The van der Waals surface area contributed by atoms with Gasteiger partial charge in [-0.1, -0.05) is 48.5 Å². The third kappa shape index (κ3) is 2.74. The number of fused-ring (bicyclic) bond motifs is 2. The molecule has 27 heavy (non-hydrogen) atoms. The number of para-hydroxylation sites is 2. The molecular weight excluding hydrogens is 332 g/mol. The number of benzene rings is 4. The highest BCUT2D eigenvalue weighted by Gasteiger charge is 2.15. The van der Waals surface area contributed by atoms with Gasteiger partial charge in [0.25, 0.3) is 0 Å². The molecule has 1 heterocycles. The number of nitrogens with zero attached hydrogens (tertiary/aromatic N) is 1. The number of nitrogens with one attached hydrogen (secondary N) is 1. The zero-order valence-electron chi connectivity index (χ0n) is 15.0. The Morgan fingerprint density at radius 3 is 2.33 bits per heavy atom. The number of H-pyrrole nitrogens is 1. The summed E-state index contributed by atoms with van der Waals surface area (Å²) >= 11 is 0. The number of anilines is 2. The summed E-state index contributed by atoms with van der Waals surface area (Å²) in [7, 11) is 2.10. The van der Waals surface area contributed by atoms with Crippen LogP contribution in [0.2, 0.25) is 0 Å². The highest BCUT2D eigenvalue weighted by Crippen LogP contribution is 2.32. The molecule has 0 saturated heterocycles. The summed E-state index contributed by atoms with van der Waals surface area (Å²) in [6, 6.07) is 31.3. The number of aromatic nitrogens is 1. The average Bonchev–Trinajstić information content (AvgIpc) is 3.17. The fourth-order valence-electron chi connectivity index (χ4n) is 3.52. The molecule has 0 unspecified atom stereocenters. The summed E-state index contributed by atoms with van der Waals surface area (Å²) in [6.45, 7) is 0. The largest absolute Gasteiger partial charge is 0.398 e. The Labute approximate surface area is 157 Å². The Hall–Kier alpha value is -3.59. The molecule has 0 radical (unpaired) electrons. The molecule has 3 nitrogen and oxygen atoms in total. The second-order valence-electron chi connectivity index (χ2n) is 6.66. The molecule has 0 aliphatic rings. The summed E-state index contributed by atoms with van der Waals surface area (Å²) in [4.78, 5) is 5.55. The number of hydrogen-bond donors (Lipinski definition) is 0. The molecule has 5 aromatic rings. The van der Waals surface area contributed by atoms with Gasteiger partial charge in [-0.3, -0.25) is 0 Å². The van der Waals surface area contributed by atoms with Crippen molar-refractivity contribution >= 4 is 33.2 Å². The number of hydrogen-bond acceptors (Lipinski definition) is 2. The molecular formula is C24H19N2O+. The van der Waals surface area contributed by atoms with Crippen molar-refractivity contribution in [3.8, 4) is 11.5 Å². The van der Waals surface area contributed by atoms with Gasteiger partial charge in [-0.25, -0.2) is 0 Å². The maximum Gasteiger partial charge on any atom is 0.379 e. The van der Waals surface area contributed by atoms with Crippen molar-refractivity contribution in [1.29, 1.82) is 0 Å². The van der Waals surface area contributed by atoms with Crippen LogP contribution >= 0.6 is 0 Å². The van der Waals surface area contributed by atoms with Crippen molar-refractivity contribution < 1.29 is 9.40 Å². The Kier molecular flexibility index (Phi) is 3.65. The average molecular weight is 351 g/mol. The topological polar surface area (TPSA) is 30.5 Å². The number of rotatable bonds is 3. The molecule has 0 aliphatic heterocycles. The van der Waals surface area contributed by atoms with E-state index in [-0.39, 0.29) is 0 Å². The van der Waals surface area contributed by atoms with E-state index < -0.39 is 0 Å². The fraction of sp³-hybridized carbons (Fsp3) is 0.0417. The fourth-order valence-corrected chi connectivity index (χ4v) is 3.52. The Morgan fingerprint density at radius 1 is 0.741 bits per heavy atom. The third-order valence-corrected chi connectivity index (χ3v) is 4.99. The minimum Gasteiger partial charge on any atom is -0.398 e. The van der Waals surface area contributed by atoms with Gasteiger partial charge in [0.2, 0.25) is 11.1 Å². The molecule has 0 saturated carbocycles. The molecule has 4 aromatic carbocycles. The van der Waals surface area contributed by atoms with Crippen LogP contribution in [0.1, 0.15) is 0 Å². The first-order valence-corrected chi connectivity index (χ1v) is 9.02. The van der Waals surface area contributed by atoms with E-state index >= 15 is 0 Å². The van der Waals surface area contributed by atoms with E-state index in [0.29, 0.717) is 0 Å². The molecule has 0 aliphatic carbocycles. The van der Waals surface area contributed by atoms with Crippen LogP contribution in [-0.4, -0.2) is 7.05 Å². The summed E-state index contributed by atoms with van der Waals surface area (Å²) in [5.74, 6) is 0.774. The third-order valence-electron chi connectivity index (χ3n) is 4.99. The molecule has 0 spiro atoms. The van der Waals surface area contributed by atoms with Crippen LogP contribution in [0.15, 0.2) is 95.4 Å². The summed E-state index contributed by atoms with van der Waals surface area (Å²) in [5.41, 5.74) is 5.22. The molecule has 0 fully saturated rings. The van der Waals surface area contributed by atoms with Gasteiger partial charge in [0.05, 0.1) is 5.56 Å². The van der Waals surface area contributed by atoms with E-state index in [1.807, 2.05) is 24.3 Å². The molecule has 1 N–H and O–H groups in total. The van der Waals surface area contributed by atoms with E-state index in [4.69, 9.17) is 4.42 Å². The van der Waals surface area contributed by atoms with Crippen LogP contribution < -0.4 is 9.88 Å². The first kappa shape index (κ1) is 15.6. The van der Waals surface area contributed by atoms with Gasteiger partial charge in [0, 0.05) is 29.9 Å². The maximum absolute atomic E-state index is 5.93. The lowest BCUT2D eigenvalue weighted by Gasteiger charge is -2.21. The Bertz CT molecular complexity index is 1200. The highest BCUT2D eigenvalue weighted by atomic mass is 16.3. The second-order valence-corrected chi connectivity index (χ2v) is 6.66. The first-order chi connectivity index (χ1) is 13.3. The van der Waals surface area contributed by atoms with Gasteiger partial charge >= 0.3 is 5.89 Å². The predicted molar refractivity (Wildman–Crippen MR) is 110 cm³/mol. The summed E-state index contributed by atoms with van der Waals surface area (Å²) in [6.07, 6.45) is 0. The Balaban J connectivity index is 1.50. The van der Waals surface area contributed by atoms with Crippen LogP contribution in [0.4, 0.5) is 11.4 Å². The number of oxazole rings is 1. The molecule has 5 rings (SSSR count). The van der Waals surface area contributed by atoms with Crippen molar-refractivity contribution in [2.45, 2.75) is 0 Å². The zero-order chi connectivity index (χ0) is 18.2. The van der Waals surface area contributed by atoms with E-state index in [1.165, 1.54) is 16.5 Å². The van der Waals surface area contributed by atoms with E-state index in [2.05, 4.69) is 83.7 Å². The van der Waals surface area contributed by atoms with Crippen LogP contribution in [0.3, 0.4) is 0 Å². The standard InChI is InChI=1S/C24H18N2O/c1-26(22-11-6-8-17-7-2-3-9-20(17)22)19-15-13-18(14-16-19)24-25-21-10-4-5-12-23(21)27-24/h2-16H,1H3/p+1. The summed E-state index contributed by atoms with van der Waals surface area (Å²) < 4.78 is 5.93. The molecule has 1 aromatic heterocycles. The SMILES string of the molecule is CN(c1ccc(-c2[nH+]c3ccccc3o2)cc1)c1cccc2ccccc12. The monoisotopic (exact) mass is 351 g/mol. The van der Waals surface area contributed by atoms with Crippen molar-refractivity contribution in [1.82, 2.24) is 0 Å². The van der Waals surface area contributed by atoms with Crippen molar-refractivity contribution in [2.75, 3.05) is 11.9 Å². The Morgan fingerprint density at radius 2 is 1.48 bits per heavy atom. The normalized spacial score (nSPS) is 11.1. The van der Waals surface area contributed by atoms with E-state index in [9.17, 15) is 0 Å². The molecule has 0 amide bonds. The minimum absolute atomic E-state index is 0.774. The molecule has 3 heteroatoms. The second kappa shape index (κ2) is 6.29. The van der Waals surface area contributed by atoms with Crippen LogP contribution in [-0.2, 0) is 0 Å². The van der Waals surface area contributed by atoms with Gasteiger partial charge < -0.3 is 9.32 Å². The van der Waals surface area contributed by atoms with Crippen LogP contribution in [0.25, 0.3) is 33.3 Å². The van der Waals surface area contributed by atoms with E-state index in [1.54, 1.807) is 0 Å². The van der Waals surface area contributed by atoms with Gasteiger partial charge in [-0.05, 0) is 41.8 Å². The van der Waals surface area contributed by atoms with Gasteiger partial charge in [-0.2, -0.15) is 4.98 Å². The van der Waals surface area contributed by atoms with Crippen LogP contribution in [0, 0.1) is 0 Å². The summed E-state index contributed by atoms with van der Waals surface area (Å²) in [5, 5.41) is 2.49. The lowest BCUT2D eigenvalue weighted by molar-refractivity contribution is -0.338. The molecule has 0 atom stereocenters. The van der Waals surface area contributed by atoms with Crippen molar-refractivity contribution in [3.63, 3.8) is 0 Å². The molecule has 130 valence electrons. The van der Waals surface area contributed by atoms with Crippen molar-refractivity contribution in [2.24, 2.45) is 0 Å². The van der Waals surface area contributed by atoms with Gasteiger partial charge in [-0.15, -0.1) is 0 Å². The predicted octanol–water partition coefficient (Wildman–Crippen LogP) is 5.84. The van der Waals surface area contributed by atoms with Gasteiger partial charge in [0.15, 0.2) is 0 Å². The lowest BCUT2D eigenvalue weighted by Crippen LogP contribution is -2.10. The zero-order valence-corrected chi connectivity index (χ0v) is 15.0. The maximum atomic E-state index is 5.93. The first-order valence-electron chi connectivity index (χ1n) is 9.02. The van der Waals surface area contributed by atoms with E-state index in [0.717, 1.165) is 28.2 Å². The lowest BCUT2D eigenvalue weighted by atomic mass is 10.1. The highest BCUT2D eigenvalue weighted by molar-refractivity contribution is 5.96. The minimum atomic E-state index is 0.774. The van der Waals surface area contributed by atoms with Crippen LogP contribution in [0.5, 0.6) is 0 Å².